The van der Waals surface area contributed by atoms with Crippen molar-refractivity contribution < 1.29 is 0 Å². The van der Waals surface area contributed by atoms with Crippen LogP contribution in [0.3, 0.4) is 0 Å². The van der Waals surface area contributed by atoms with Crippen LogP contribution < -0.4 is 4.90 Å². The Morgan fingerprint density at radius 1 is 0.153 bits per heavy atom. The topological polar surface area (TPSA) is 23.0 Å². The van der Waals surface area contributed by atoms with Gasteiger partial charge in [0.15, 0.2) is 0 Å². The Hall–Kier alpha value is -15.8. The minimum atomic E-state index is 1.13. The summed E-state index contributed by atoms with van der Waals surface area (Å²) < 4.78 is 9.39. The standard InChI is InChI=1S/C37H29N.C25H19N.3C19H15N/c1-28-12-14-31(15-13-28)34-20-26-37(27-21-34)38(35-22-16-32(17-23-35)29-8-4-2-5-9-29)36-24-18-33(19-25-36)30-10-6-3-7-11-30;1-18-11-13-19(14-12-18)20-15-16-25-23(17-20)22-9-5-6-10-24(22)26(25)21-7-3-2-4-8-21;1-14-8-2-5-11-17(14)20-18-12-6-3-9-15(18)16-10-4-7-13-19(16)20;1-14-7-6-8-15(13-14)20-18-11-4-2-9-16(18)17-10-3-5-12-19(17)20;1-14-10-12-15(13-11-14)20-18-8-4-2-6-16(18)17-7-3-5-9-19(17)20/h2-27H,1H3;2-17H,1H3;3*2-13H,1H3. The third kappa shape index (κ3) is 16.0. The van der Waals surface area contributed by atoms with Crippen LogP contribution in [0.4, 0.5) is 17.1 Å². The highest BCUT2D eigenvalue weighted by Gasteiger charge is 2.19. The minimum Gasteiger partial charge on any atom is -0.311 e. The monoisotopic (exact) mass is 1590 g/mol. The molecule has 5 nitrogen and oxygen atoms in total. The molecule has 0 aliphatic rings. The van der Waals surface area contributed by atoms with Crippen molar-refractivity contribution >= 4 is 104 Å². The van der Waals surface area contributed by atoms with Crippen LogP contribution in [0.2, 0.25) is 0 Å². The molecule has 0 N–H and O–H groups in total. The SMILES string of the molecule is Cc1ccc(-c2ccc(N(c3ccc(-c4ccccc4)cc3)c3ccc(-c4ccccc4)cc3)cc2)cc1.Cc1ccc(-c2ccc3c(c2)c2ccccc2n3-c2ccccc2)cc1.Cc1ccc(-n2c3ccccc3c3ccccc32)cc1.Cc1cccc(-n2c3ccccc3c3ccccc32)c1.Cc1ccccc1-n1c2ccccc2c2ccccc21. The van der Waals surface area contributed by atoms with Gasteiger partial charge in [-0.05, 0) is 224 Å². The zero-order chi connectivity index (χ0) is 83.8. The Balaban J connectivity index is 0.000000104. The molecule has 0 saturated carbocycles. The Morgan fingerprint density at radius 3 is 0.782 bits per heavy atom. The Labute approximate surface area is 725 Å². The lowest BCUT2D eigenvalue weighted by Gasteiger charge is -2.26. The molecule has 124 heavy (non-hydrogen) atoms. The highest BCUT2D eigenvalue weighted by atomic mass is 15.1. The number of aromatic nitrogens is 4. The van der Waals surface area contributed by atoms with Gasteiger partial charge in [-0.25, -0.2) is 0 Å². The highest BCUT2D eigenvalue weighted by Crippen LogP contribution is 2.41. The fourth-order valence-corrected chi connectivity index (χ4v) is 17.5. The van der Waals surface area contributed by atoms with Crippen molar-refractivity contribution in [3.8, 4) is 67.3 Å². The summed E-state index contributed by atoms with van der Waals surface area (Å²) in [6, 6.07) is 169. The average molecular weight is 1590 g/mol. The summed E-state index contributed by atoms with van der Waals surface area (Å²) >= 11 is 0. The molecule has 0 bridgehead atoms. The molecule has 0 fully saturated rings. The van der Waals surface area contributed by atoms with Crippen LogP contribution >= 0.6 is 0 Å². The van der Waals surface area contributed by atoms with Gasteiger partial charge in [-0.2, -0.15) is 0 Å². The first-order valence-electron chi connectivity index (χ1n) is 42.7. The first-order chi connectivity index (χ1) is 61.1. The second-order valence-corrected chi connectivity index (χ2v) is 31.9. The van der Waals surface area contributed by atoms with Crippen molar-refractivity contribution in [1.29, 1.82) is 0 Å². The first kappa shape index (κ1) is 78.1. The lowest BCUT2D eigenvalue weighted by Crippen LogP contribution is -2.09. The van der Waals surface area contributed by atoms with Crippen molar-refractivity contribution in [3.05, 3.63) is 501 Å². The van der Waals surface area contributed by atoms with Gasteiger partial charge in [0, 0.05) is 82.9 Å². The molecule has 4 aromatic heterocycles. The molecule has 5 heteroatoms. The van der Waals surface area contributed by atoms with Crippen molar-refractivity contribution in [2.75, 3.05) is 4.90 Å². The van der Waals surface area contributed by atoms with E-state index in [0.29, 0.717) is 0 Å². The van der Waals surface area contributed by atoms with Crippen molar-refractivity contribution in [1.82, 2.24) is 18.3 Å². The van der Waals surface area contributed by atoms with E-state index in [1.54, 1.807) is 0 Å². The van der Waals surface area contributed by atoms with E-state index in [-0.39, 0.29) is 0 Å². The molecule has 23 aromatic rings. The second-order valence-electron chi connectivity index (χ2n) is 31.9. The third-order valence-electron chi connectivity index (χ3n) is 23.7. The minimum absolute atomic E-state index is 1.13. The fraction of sp³-hybridized carbons (Fsp3) is 0.0420. The van der Waals surface area contributed by atoms with Gasteiger partial charge >= 0.3 is 0 Å². The highest BCUT2D eigenvalue weighted by molar-refractivity contribution is 6.13. The Bertz CT molecular complexity index is 7400. The van der Waals surface area contributed by atoms with Gasteiger partial charge in [-0.15, -0.1) is 0 Å². The number of nitrogens with zero attached hydrogens (tertiary/aromatic N) is 5. The molecule has 23 rings (SSSR count). The fourth-order valence-electron chi connectivity index (χ4n) is 17.5. The van der Waals surface area contributed by atoms with E-state index in [4.69, 9.17) is 0 Å². The van der Waals surface area contributed by atoms with E-state index < -0.39 is 0 Å². The van der Waals surface area contributed by atoms with Crippen molar-refractivity contribution in [2.24, 2.45) is 0 Å². The predicted molar refractivity (Wildman–Crippen MR) is 530 cm³/mol. The van der Waals surface area contributed by atoms with E-state index in [1.165, 1.54) is 182 Å². The Morgan fingerprint density at radius 2 is 0.411 bits per heavy atom. The number of benzene rings is 19. The van der Waals surface area contributed by atoms with Crippen LogP contribution in [-0.2, 0) is 0 Å². The number of anilines is 3. The van der Waals surface area contributed by atoms with Gasteiger partial charge in [-0.3, -0.25) is 0 Å². The summed E-state index contributed by atoms with van der Waals surface area (Å²) in [4.78, 5) is 2.32. The van der Waals surface area contributed by atoms with Crippen molar-refractivity contribution in [2.45, 2.75) is 34.6 Å². The maximum atomic E-state index is 2.36. The van der Waals surface area contributed by atoms with Crippen LogP contribution in [0.5, 0.6) is 0 Å². The molecule has 19 aromatic carbocycles. The molecule has 0 unspecified atom stereocenters. The van der Waals surface area contributed by atoms with Crippen LogP contribution in [0, 0.1) is 34.6 Å². The van der Waals surface area contributed by atoms with Gasteiger partial charge in [0.2, 0.25) is 0 Å². The normalized spacial score (nSPS) is 11.1. The second kappa shape index (κ2) is 35.2. The smallest absolute Gasteiger partial charge is 0.0541 e. The van der Waals surface area contributed by atoms with Crippen LogP contribution in [0.1, 0.15) is 27.8 Å². The molecule has 0 amide bonds. The van der Waals surface area contributed by atoms with E-state index in [9.17, 15) is 0 Å². The van der Waals surface area contributed by atoms with Gasteiger partial charge in [0.25, 0.3) is 0 Å². The molecule has 594 valence electrons. The lowest BCUT2D eigenvalue weighted by atomic mass is 10.0. The molecule has 0 saturated heterocycles. The Kier molecular flexibility index (Phi) is 22.2. The summed E-state index contributed by atoms with van der Waals surface area (Å²) in [5.41, 5.74) is 34.6. The number of hydrogen-bond donors (Lipinski definition) is 0. The largest absolute Gasteiger partial charge is 0.311 e. The quantitative estimate of drug-likeness (QED) is 0.127. The summed E-state index contributed by atoms with van der Waals surface area (Å²) in [6.45, 7) is 10.7. The summed E-state index contributed by atoms with van der Waals surface area (Å²) in [6.07, 6.45) is 0. The molecule has 0 radical (unpaired) electrons. The molecule has 0 aliphatic carbocycles. The molecule has 0 spiro atoms. The molecular formula is C119H93N5. The molecule has 0 atom stereocenters. The molecular weight excluding hydrogens is 1500 g/mol. The number of hydrogen-bond acceptors (Lipinski definition) is 1. The number of para-hydroxylation sites is 9. The number of aryl methyl sites for hydroxylation is 5. The van der Waals surface area contributed by atoms with Crippen LogP contribution in [-0.4, -0.2) is 18.3 Å². The summed E-state index contributed by atoms with van der Waals surface area (Å²) in [5, 5.41) is 10.4. The maximum absolute atomic E-state index is 2.36. The molecule has 4 heterocycles. The maximum Gasteiger partial charge on any atom is 0.0541 e. The predicted octanol–water partition coefficient (Wildman–Crippen LogP) is 32.5. The van der Waals surface area contributed by atoms with Gasteiger partial charge in [0.05, 0.1) is 44.1 Å². The van der Waals surface area contributed by atoms with Crippen LogP contribution in [0.15, 0.2) is 473 Å². The molecule has 0 aliphatic heterocycles. The summed E-state index contributed by atoms with van der Waals surface area (Å²) in [7, 11) is 0. The third-order valence-corrected chi connectivity index (χ3v) is 23.7. The van der Waals surface area contributed by atoms with Crippen LogP contribution in [0.25, 0.3) is 154 Å². The average Bonchev–Trinajstić information content (AvgIpc) is 1.90. The van der Waals surface area contributed by atoms with Gasteiger partial charge < -0.3 is 23.2 Å². The summed E-state index contributed by atoms with van der Waals surface area (Å²) in [5.74, 6) is 0. The first-order valence-corrected chi connectivity index (χ1v) is 42.7. The van der Waals surface area contributed by atoms with E-state index in [2.05, 4.69) is 531 Å². The van der Waals surface area contributed by atoms with Gasteiger partial charge in [-0.1, -0.05) is 356 Å². The zero-order valence-corrected chi connectivity index (χ0v) is 70.3. The van der Waals surface area contributed by atoms with Crippen molar-refractivity contribution in [3.63, 3.8) is 0 Å². The van der Waals surface area contributed by atoms with E-state index in [1.807, 2.05) is 0 Å². The number of fused-ring (bicyclic) bond motifs is 12. The van der Waals surface area contributed by atoms with E-state index in [0.717, 1.165) is 17.1 Å². The van der Waals surface area contributed by atoms with E-state index >= 15 is 0 Å². The number of rotatable bonds is 11. The van der Waals surface area contributed by atoms with Gasteiger partial charge in [0.1, 0.15) is 0 Å². The lowest BCUT2D eigenvalue weighted by molar-refractivity contribution is 1.15. The zero-order valence-electron chi connectivity index (χ0n) is 70.3.